The number of para-hydroxylation sites is 1. The number of amides is 1. The zero-order chi connectivity index (χ0) is 19.5. The minimum atomic E-state index is -0.575. The summed E-state index contributed by atoms with van der Waals surface area (Å²) in [4.78, 5) is 16.1. The van der Waals surface area contributed by atoms with Crippen LogP contribution in [-0.4, -0.2) is 20.6 Å². The van der Waals surface area contributed by atoms with Crippen molar-refractivity contribution < 1.29 is 9.90 Å². The molecule has 2 heterocycles. The molecule has 0 aliphatic carbocycles. The first-order valence-electron chi connectivity index (χ1n) is 8.55. The van der Waals surface area contributed by atoms with Crippen LogP contribution in [0.2, 0.25) is 5.02 Å². The van der Waals surface area contributed by atoms with Gasteiger partial charge in [0, 0.05) is 16.6 Å². The second-order valence-electron chi connectivity index (χ2n) is 6.12. The van der Waals surface area contributed by atoms with Gasteiger partial charge in [0.15, 0.2) is 5.69 Å². The van der Waals surface area contributed by atoms with Crippen molar-refractivity contribution in [2.24, 2.45) is 10.2 Å². The van der Waals surface area contributed by atoms with Gasteiger partial charge in [-0.25, -0.2) is 0 Å². The third-order valence-electron chi connectivity index (χ3n) is 4.30. The average Bonchev–Trinajstić information content (AvgIpc) is 3.00. The van der Waals surface area contributed by atoms with Gasteiger partial charge in [-0.1, -0.05) is 48.0 Å². The Morgan fingerprint density at radius 3 is 2.54 bits per heavy atom. The molecular formula is C21H15ClN4O2. The SMILES string of the molecule is O=C(N=Nc1c(O)n(Cc2ccc(Cl)cc2)c2ccccc12)c1ccccn1. The Balaban J connectivity index is 1.73. The lowest BCUT2D eigenvalue weighted by Crippen LogP contribution is -1.98. The zero-order valence-corrected chi connectivity index (χ0v) is 15.4. The number of halogens is 1. The molecule has 0 aliphatic rings. The molecule has 0 bridgehead atoms. The number of hydrogen-bond donors (Lipinski definition) is 1. The van der Waals surface area contributed by atoms with Crippen LogP contribution in [0.5, 0.6) is 5.88 Å². The van der Waals surface area contributed by atoms with E-state index in [2.05, 4.69) is 15.2 Å². The molecule has 1 N–H and O–H groups in total. The molecule has 2 aromatic carbocycles. The molecule has 0 spiro atoms. The van der Waals surface area contributed by atoms with E-state index in [1.165, 1.54) is 6.20 Å². The summed E-state index contributed by atoms with van der Waals surface area (Å²) in [7, 11) is 0. The number of fused-ring (bicyclic) bond motifs is 1. The number of aromatic hydroxyl groups is 1. The Morgan fingerprint density at radius 2 is 1.79 bits per heavy atom. The highest BCUT2D eigenvalue weighted by Gasteiger charge is 2.17. The first-order valence-corrected chi connectivity index (χ1v) is 8.93. The fourth-order valence-corrected chi connectivity index (χ4v) is 3.06. The molecular weight excluding hydrogens is 376 g/mol. The highest BCUT2D eigenvalue weighted by molar-refractivity contribution is 6.30. The van der Waals surface area contributed by atoms with E-state index in [0.717, 1.165) is 11.1 Å². The minimum Gasteiger partial charge on any atom is -0.493 e. The highest BCUT2D eigenvalue weighted by atomic mass is 35.5. The monoisotopic (exact) mass is 390 g/mol. The third-order valence-corrected chi connectivity index (χ3v) is 4.55. The molecule has 6 nitrogen and oxygen atoms in total. The van der Waals surface area contributed by atoms with Gasteiger partial charge < -0.3 is 9.67 Å². The van der Waals surface area contributed by atoms with E-state index in [-0.39, 0.29) is 17.3 Å². The molecule has 1 amide bonds. The lowest BCUT2D eigenvalue weighted by atomic mass is 10.2. The first kappa shape index (κ1) is 17.9. The standard InChI is InChI=1S/C21H15ClN4O2/c22-15-10-8-14(9-11-15)13-26-18-7-2-1-5-16(18)19(21(26)28)24-25-20(27)17-6-3-4-12-23-17/h1-12,28H,13H2. The maximum absolute atomic E-state index is 12.2. The van der Waals surface area contributed by atoms with E-state index in [4.69, 9.17) is 11.6 Å². The summed E-state index contributed by atoms with van der Waals surface area (Å²) in [6.07, 6.45) is 1.51. The maximum Gasteiger partial charge on any atom is 0.313 e. The number of aromatic nitrogens is 2. The quantitative estimate of drug-likeness (QED) is 0.476. The molecule has 0 aliphatic heterocycles. The molecule has 0 saturated carbocycles. The minimum absolute atomic E-state index is 0.0614. The Hall–Kier alpha value is -3.51. The second-order valence-corrected chi connectivity index (χ2v) is 6.56. The number of carbonyl (C=O) groups is 1. The Morgan fingerprint density at radius 1 is 1.04 bits per heavy atom. The number of carbonyl (C=O) groups excluding carboxylic acids is 1. The molecule has 2 aromatic heterocycles. The van der Waals surface area contributed by atoms with Crippen molar-refractivity contribution >= 4 is 34.1 Å². The van der Waals surface area contributed by atoms with Crippen molar-refractivity contribution in [3.05, 3.63) is 89.2 Å². The topological polar surface area (TPSA) is 79.8 Å². The molecule has 0 unspecified atom stereocenters. The van der Waals surface area contributed by atoms with Gasteiger partial charge in [0.2, 0.25) is 5.88 Å². The molecule has 7 heteroatoms. The zero-order valence-electron chi connectivity index (χ0n) is 14.7. The Bertz CT molecular complexity index is 1170. The smallest absolute Gasteiger partial charge is 0.313 e. The summed E-state index contributed by atoms with van der Waals surface area (Å²) in [5.41, 5.74) is 2.19. The molecule has 138 valence electrons. The van der Waals surface area contributed by atoms with Crippen LogP contribution in [-0.2, 0) is 6.54 Å². The van der Waals surface area contributed by atoms with E-state index in [1.807, 2.05) is 36.4 Å². The van der Waals surface area contributed by atoms with Crippen LogP contribution in [0.4, 0.5) is 5.69 Å². The van der Waals surface area contributed by atoms with Crippen LogP contribution in [0.1, 0.15) is 16.1 Å². The van der Waals surface area contributed by atoms with Gasteiger partial charge in [-0.15, -0.1) is 10.2 Å². The second kappa shape index (κ2) is 7.62. The Labute approximate surface area is 165 Å². The van der Waals surface area contributed by atoms with Crippen LogP contribution < -0.4 is 0 Å². The summed E-state index contributed by atoms with van der Waals surface area (Å²) in [5.74, 6) is -0.636. The summed E-state index contributed by atoms with van der Waals surface area (Å²) in [5, 5.41) is 19.9. The Kier molecular flexibility index (Phi) is 4.87. The van der Waals surface area contributed by atoms with Crippen molar-refractivity contribution in [3.63, 3.8) is 0 Å². The molecule has 0 saturated heterocycles. The largest absolute Gasteiger partial charge is 0.493 e. The summed E-state index contributed by atoms with van der Waals surface area (Å²) < 4.78 is 1.72. The fourth-order valence-electron chi connectivity index (χ4n) is 2.94. The summed E-state index contributed by atoms with van der Waals surface area (Å²) in [6.45, 7) is 0.424. The number of hydrogen-bond acceptors (Lipinski definition) is 4. The van der Waals surface area contributed by atoms with Gasteiger partial charge in [-0.05, 0) is 35.9 Å². The van der Waals surface area contributed by atoms with Crippen LogP contribution >= 0.6 is 11.6 Å². The molecule has 0 radical (unpaired) electrons. The van der Waals surface area contributed by atoms with E-state index >= 15 is 0 Å². The number of nitrogens with zero attached hydrogens (tertiary/aromatic N) is 4. The molecule has 0 atom stereocenters. The third kappa shape index (κ3) is 3.50. The van der Waals surface area contributed by atoms with Gasteiger partial charge >= 0.3 is 5.91 Å². The van der Waals surface area contributed by atoms with Gasteiger partial charge in [-0.3, -0.25) is 9.78 Å². The van der Waals surface area contributed by atoms with Crippen molar-refractivity contribution in [1.29, 1.82) is 0 Å². The van der Waals surface area contributed by atoms with Gasteiger partial charge in [-0.2, -0.15) is 0 Å². The molecule has 4 aromatic rings. The molecule has 28 heavy (non-hydrogen) atoms. The average molecular weight is 391 g/mol. The lowest BCUT2D eigenvalue weighted by Gasteiger charge is -2.07. The van der Waals surface area contributed by atoms with Crippen molar-refractivity contribution in [3.8, 4) is 5.88 Å². The van der Waals surface area contributed by atoms with E-state index in [9.17, 15) is 9.90 Å². The maximum atomic E-state index is 12.2. The van der Waals surface area contributed by atoms with Crippen LogP contribution in [0.25, 0.3) is 10.9 Å². The first-order chi connectivity index (χ1) is 13.6. The van der Waals surface area contributed by atoms with Gasteiger partial charge in [0.25, 0.3) is 0 Å². The van der Waals surface area contributed by atoms with Crippen molar-refractivity contribution in [2.45, 2.75) is 6.54 Å². The van der Waals surface area contributed by atoms with Gasteiger partial charge in [0.05, 0.1) is 12.1 Å². The fraction of sp³-hybridized carbons (Fsp3) is 0.0476. The number of azo groups is 1. The normalized spacial score (nSPS) is 11.3. The van der Waals surface area contributed by atoms with Crippen molar-refractivity contribution in [1.82, 2.24) is 9.55 Å². The predicted octanol–water partition coefficient (Wildman–Crippen LogP) is 5.37. The van der Waals surface area contributed by atoms with E-state index < -0.39 is 5.91 Å². The van der Waals surface area contributed by atoms with Gasteiger partial charge in [0.1, 0.15) is 5.69 Å². The van der Waals surface area contributed by atoms with Crippen molar-refractivity contribution in [2.75, 3.05) is 0 Å². The number of rotatable bonds is 4. The number of pyridine rings is 1. The summed E-state index contributed by atoms with van der Waals surface area (Å²) >= 11 is 5.95. The lowest BCUT2D eigenvalue weighted by molar-refractivity contribution is 0.0990. The molecule has 0 fully saturated rings. The van der Waals surface area contributed by atoms with Crippen LogP contribution in [0, 0.1) is 0 Å². The van der Waals surface area contributed by atoms with E-state index in [0.29, 0.717) is 17.0 Å². The predicted molar refractivity (Wildman–Crippen MR) is 107 cm³/mol. The summed E-state index contributed by atoms with van der Waals surface area (Å²) in [6, 6.07) is 19.8. The van der Waals surface area contributed by atoms with Crippen LogP contribution in [0.15, 0.2) is 83.2 Å². The van der Waals surface area contributed by atoms with Crippen LogP contribution in [0.3, 0.4) is 0 Å². The highest BCUT2D eigenvalue weighted by Crippen LogP contribution is 2.39. The van der Waals surface area contributed by atoms with E-state index in [1.54, 1.807) is 34.9 Å². The number of benzene rings is 2. The molecule has 4 rings (SSSR count).